The van der Waals surface area contributed by atoms with Gasteiger partial charge in [-0.15, -0.1) is 0 Å². The summed E-state index contributed by atoms with van der Waals surface area (Å²) in [5.74, 6) is 0. The van der Waals surface area contributed by atoms with Crippen LogP contribution < -0.4 is 0 Å². The van der Waals surface area contributed by atoms with Crippen LogP contribution in [0.15, 0.2) is 0 Å². The van der Waals surface area contributed by atoms with Crippen molar-refractivity contribution >= 4 is 22.6 Å². The van der Waals surface area contributed by atoms with Gasteiger partial charge in [0, 0.05) is 3.92 Å². The molecule has 0 unspecified atom stereocenters. The second kappa shape index (κ2) is 3.11. The highest BCUT2D eigenvalue weighted by atomic mass is 127. The van der Waals surface area contributed by atoms with Crippen molar-refractivity contribution in [2.45, 2.75) is 63.7 Å². The van der Waals surface area contributed by atoms with Crippen LogP contribution >= 0.6 is 22.6 Å². The summed E-state index contributed by atoms with van der Waals surface area (Å²) in [5.41, 5.74) is 2.15. The zero-order valence-corrected chi connectivity index (χ0v) is 12.1. The standard InChI is InChI=1S/C13H23I/c1-10(14)5-12(4)8-13(9-12)6-11(2,3)7-13/h10H,5-9H2,1-4H3/t10-/m1/s1. The van der Waals surface area contributed by atoms with E-state index in [1.807, 2.05) is 0 Å². The molecule has 2 rings (SSSR count). The summed E-state index contributed by atoms with van der Waals surface area (Å²) in [7, 11) is 0. The van der Waals surface area contributed by atoms with E-state index in [9.17, 15) is 0 Å². The smallest absolute Gasteiger partial charge is 0.00865 e. The maximum atomic E-state index is 2.57. The zero-order chi connectivity index (χ0) is 10.6. The van der Waals surface area contributed by atoms with Gasteiger partial charge in [0.2, 0.25) is 0 Å². The summed E-state index contributed by atoms with van der Waals surface area (Å²) in [6, 6.07) is 0. The lowest BCUT2D eigenvalue weighted by Crippen LogP contribution is -2.55. The maximum absolute atomic E-state index is 2.57. The molecule has 0 radical (unpaired) electrons. The van der Waals surface area contributed by atoms with Crippen LogP contribution in [0.3, 0.4) is 0 Å². The minimum absolute atomic E-state index is 0.664. The molecular weight excluding hydrogens is 283 g/mol. The molecule has 82 valence electrons. The Balaban J connectivity index is 1.85. The van der Waals surface area contributed by atoms with E-state index in [4.69, 9.17) is 0 Å². The molecule has 0 bridgehead atoms. The van der Waals surface area contributed by atoms with Crippen molar-refractivity contribution in [3.8, 4) is 0 Å². The summed E-state index contributed by atoms with van der Waals surface area (Å²) in [4.78, 5) is 0. The van der Waals surface area contributed by atoms with Gasteiger partial charge in [-0.1, -0.05) is 50.3 Å². The van der Waals surface area contributed by atoms with Gasteiger partial charge in [0.25, 0.3) is 0 Å². The highest BCUT2D eigenvalue weighted by Gasteiger charge is 2.60. The summed E-state index contributed by atoms with van der Waals surface area (Å²) >= 11 is 2.57. The van der Waals surface area contributed by atoms with E-state index in [1.165, 1.54) is 32.1 Å². The molecule has 0 amide bonds. The summed E-state index contributed by atoms with van der Waals surface area (Å²) in [6.45, 7) is 9.70. The fourth-order valence-corrected chi connectivity index (χ4v) is 5.87. The van der Waals surface area contributed by atoms with Gasteiger partial charge < -0.3 is 0 Å². The summed E-state index contributed by atoms with van der Waals surface area (Å²) in [5, 5.41) is 0. The first-order valence-electron chi connectivity index (χ1n) is 5.89. The van der Waals surface area contributed by atoms with Crippen molar-refractivity contribution in [2.75, 3.05) is 0 Å². The fraction of sp³-hybridized carbons (Fsp3) is 1.00. The molecule has 14 heavy (non-hydrogen) atoms. The van der Waals surface area contributed by atoms with Crippen LogP contribution in [0.4, 0.5) is 0 Å². The number of hydrogen-bond donors (Lipinski definition) is 0. The normalized spacial score (nSPS) is 33.2. The molecule has 0 aromatic rings. The molecular formula is C13H23I. The second-order valence-electron chi connectivity index (χ2n) is 7.17. The molecule has 2 saturated carbocycles. The predicted octanol–water partition coefficient (Wildman–Crippen LogP) is 4.81. The minimum Gasteiger partial charge on any atom is -0.0829 e. The molecule has 0 nitrogen and oxygen atoms in total. The number of hydrogen-bond acceptors (Lipinski definition) is 0. The van der Waals surface area contributed by atoms with Crippen molar-refractivity contribution in [2.24, 2.45) is 16.2 Å². The molecule has 2 fully saturated rings. The zero-order valence-electron chi connectivity index (χ0n) is 9.99. The molecule has 0 aliphatic heterocycles. The van der Waals surface area contributed by atoms with E-state index in [-0.39, 0.29) is 0 Å². The van der Waals surface area contributed by atoms with E-state index in [0.29, 0.717) is 10.8 Å². The van der Waals surface area contributed by atoms with E-state index < -0.39 is 0 Å². The van der Waals surface area contributed by atoms with Crippen LogP contribution in [0.1, 0.15) is 59.8 Å². The maximum Gasteiger partial charge on any atom is 0.00865 e. The van der Waals surface area contributed by atoms with Crippen molar-refractivity contribution < 1.29 is 0 Å². The van der Waals surface area contributed by atoms with E-state index >= 15 is 0 Å². The van der Waals surface area contributed by atoms with Crippen LogP contribution in [-0.4, -0.2) is 3.92 Å². The van der Waals surface area contributed by atoms with Gasteiger partial charge in [-0.3, -0.25) is 0 Å². The molecule has 0 heterocycles. The topological polar surface area (TPSA) is 0 Å². The Bertz CT molecular complexity index is 216. The molecule has 0 saturated heterocycles. The summed E-state index contributed by atoms with van der Waals surface area (Å²) in [6.07, 6.45) is 7.43. The van der Waals surface area contributed by atoms with Crippen molar-refractivity contribution in [3.05, 3.63) is 0 Å². The van der Waals surface area contributed by atoms with E-state index in [2.05, 4.69) is 50.3 Å². The molecule has 2 aliphatic rings. The Morgan fingerprint density at radius 1 is 1.07 bits per heavy atom. The van der Waals surface area contributed by atoms with Crippen LogP contribution in [0.5, 0.6) is 0 Å². The van der Waals surface area contributed by atoms with Crippen LogP contribution in [-0.2, 0) is 0 Å². The number of rotatable bonds is 2. The lowest BCUT2D eigenvalue weighted by Gasteiger charge is -2.66. The van der Waals surface area contributed by atoms with Gasteiger partial charge in [0.15, 0.2) is 0 Å². The van der Waals surface area contributed by atoms with Gasteiger partial charge in [-0.2, -0.15) is 0 Å². The second-order valence-corrected chi connectivity index (χ2v) is 9.29. The highest BCUT2D eigenvalue weighted by Crippen LogP contribution is 2.71. The Kier molecular flexibility index (Phi) is 2.50. The van der Waals surface area contributed by atoms with Crippen LogP contribution in [0.25, 0.3) is 0 Å². The molecule has 0 aromatic carbocycles. The average Bonchev–Trinajstić information content (AvgIpc) is 1.75. The first kappa shape index (κ1) is 11.2. The van der Waals surface area contributed by atoms with Gasteiger partial charge in [-0.25, -0.2) is 0 Å². The highest BCUT2D eigenvalue weighted by molar-refractivity contribution is 14.1. The third kappa shape index (κ3) is 1.98. The van der Waals surface area contributed by atoms with Gasteiger partial charge in [0.05, 0.1) is 0 Å². The van der Waals surface area contributed by atoms with E-state index in [0.717, 1.165) is 9.34 Å². The molecule has 2 aliphatic carbocycles. The van der Waals surface area contributed by atoms with Crippen molar-refractivity contribution in [1.29, 1.82) is 0 Å². The van der Waals surface area contributed by atoms with Gasteiger partial charge >= 0.3 is 0 Å². The van der Waals surface area contributed by atoms with Crippen LogP contribution in [0.2, 0.25) is 0 Å². The summed E-state index contributed by atoms with van der Waals surface area (Å²) < 4.78 is 0.850. The van der Waals surface area contributed by atoms with Crippen LogP contribution in [0, 0.1) is 16.2 Å². The first-order chi connectivity index (χ1) is 6.24. The largest absolute Gasteiger partial charge is 0.0829 e. The lowest BCUT2D eigenvalue weighted by molar-refractivity contribution is -0.152. The third-order valence-corrected chi connectivity index (χ3v) is 4.53. The van der Waals surface area contributed by atoms with Gasteiger partial charge in [-0.05, 0) is 48.3 Å². The molecule has 1 atom stereocenters. The third-order valence-electron chi connectivity index (χ3n) is 4.08. The molecule has 1 heteroatoms. The Morgan fingerprint density at radius 3 is 1.93 bits per heavy atom. The minimum atomic E-state index is 0.664. The Labute approximate surface area is 102 Å². The first-order valence-corrected chi connectivity index (χ1v) is 7.13. The quantitative estimate of drug-likeness (QED) is 0.507. The SMILES string of the molecule is C[C@@H](I)CC1(C)CC2(CC(C)(C)C2)C1. The molecule has 0 aromatic heterocycles. The fourth-order valence-electron chi connectivity index (χ4n) is 4.81. The molecule has 0 N–H and O–H groups in total. The lowest BCUT2D eigenvalue weighted by atomic mass is 9.39. The van der Waals surface area contributed by atoms with Crippen molar-refractivity contribution in [3.63, 3.8) is 0 Å². The number of alkyl halides is 1. The average molecular weight is 306 g/mol. The van der Waals surface area contributed by atoms with Gasteiger partial charge in [0.1, 0.15) is 0 Å². The van der Waals surface area contributed by atoms with Crippen molar-refractivity contribution in [1.82, 2.24) is 0 Å². The predicted molar refractivity (Wildman–Crippen MR) is 70.9 cm³/mol. The monoisotopic (exact) mass is 306 g/mol. The molecule has 1 spiro atoms. The number of halogens is 1. The Morgan fingerprint density at radius 2 is 1.57 bits per heavy atom. The van der Waals surface area contributed by atoms with E-state index in [1.54, 1.807) is 0 Å². The Hall–Kier alpha value is 0.730.